The second-order valence-electron chi connectivity index (χ2n) is 3.92. The lowest BCUT2D eigenvalue weighted by molar-refractivity contribution is 0.787. The molecule has 1 aliphatic heterocycles. The molecule has 0 fully saturated rings. The fourth-order valence-corrected chi connectivity index (χ4v) is 4.12. The predicted molar refractivity (Wildman–Crippen MR) is 93.1 cm³/mol. The summed E-state index contributed by atoms with van der Waals surface area (Å²) in [4.78, 5) is 0. The van der Waals surface area contributed by atoms with Crippen molar-refractivity contribution in [2.75, 3.05) is 23.0 Å². The lowest BCUT2D eigenvalue weighted by Crippen LogP contribution is -1.83. The lowest BCUT2D eigenvalue weighted by Gasteiger charge is -1.97. The van der Waals surface area contributed by atoms with Gasteiger partial charge in [0.25, 0.3) is 0 Å². The van der Waals surface area contributed by atoms with Crippen LogP contribution in [0.3, 0.4) is 0 Å². The van der Waals surface area contributed by atoms with Crippen molar-refractivity contribution in [3.63, 3.8) is 0 Å². The molecule has 0 aromatic carbocycles. The monoisotopic (exact) mass is 316 g/mol. The third-order valence-electron chi connectivity index (χ3n) is 2.36. The van der Waals surface area contributed by atoms with E-state index in [2.05, 4.69) is 21.0 Å². The molecular weight excluding hydrogens is 296 g/mol. The maximum absolute atomic E-state index is 3.19. The van der Waals surface area contributed by atoms with Gasteiger partial charge in [0.2, 0.25) is 0 Å². The minimum Gasteiger partial charge on any atom is -0.0742 e. The van der Waals surface area contributed by atoms with E-state index in [1.807, 2.05) is 0 Å². The van der Waals surface area contributed by atoms with Gasteiger partial charge in [0.1, 0.15) is 0 Å². The van der Waals surface area contributed by atoms with Gasteiger partial charge in [0.05, 0.1) is 0 Å². The van der Waals surface area contributed by atoms with E-state index in [9.17, 15) is 0 Å². The van der Waals surface area contributed by atoms with Crippen molar-refractivity contribution in [2.24, 2.45) is 0 Å². The zero-order valence-electron chi connectivity index (χ0n) is 10.7. The van der Waals surface area contributed by atoms with Gasteiger partial charge in [0.15, 0.2) is 0 Å². The van der Waals surface area contributed by atoms with Gasteiger partial charge in [-0.3, -0.25) is 0 Å². The van der Waals surface area contributed by atoms with Crippen LogP contribution >= 0.6 is 47.0 Å². The Kier molecular flexibility index (Phi) is 12.8. The topological polar surface area (TPSA) is 0 Å². The first-order chi connectivity index (χ1) is 9.00. The summed E-state index contributed by atoms with van der Waals surface area (Å²) >= 11 is 7.11. The maximum atomic E-state index is 3.19. The first-order valence-corrected chi connectivity index (χ1v) is 10.4. The zero-order chi connectivity index (χ0) is 12.7. The van der Waals surface area contributed by atoms with Crippen LogP contribution < -0.4 is 0 Å². The van der Waals surface area contributed by atoms with Gasteiger partial charge in [-0.2, -0.15) is 0 Å². The summed E-state index contributed by atoms with van der Waals surface area (Å²) in [6.45, 7) is 0. The van der Waals surface area contributed by atoms with Gasteiger partial charge < -0.3 is 0 Å². The van der Waals surface area contributed by atoms with Crippen LogP contribution in [0, 0.1) is 21.0 Å². The Balaban J connectivity index is 2.16. The molecule has 0 unspecified atom stereocenters. The van der Waals surface area contributed by atoms with E-state index >= 15 is 0 Å². The fourth-order valence-electron chi connectivity index (χ4n) is 1.37. The van der Waals surface area contributed by atoms with Crippen LogP contribution in [0.5, 0.6) is 0 Å². The molecule has 1 rings (SSSR count). The molecule has 1 heterocycles. The first-order valence-electron chi connectivity index (χ1n) is 6.47. The lowest BCUT2D eigenvalue weighted by atomic mass is 10.3. The Morgan fingerprint density at radius 2 is 0.667 bits per heavy atom. The Morgan fingerprint density at radius 3 is 0.944 bits per heavy atom. The molecule has 0 aliphatic carbocycles. The Hall–Kier alpha value is 0.520. The summed E-state index contributed by atoms with van der Waals surface area (Å²) in [6, 6.07) is 0. The van der Waals surface area contributed by atoms with Crippen molar-refractivity contribution in [3.05, 3.63) is 0 Å². The number of hydrogen-bond donors (Lipinski definition) is 0. The predicted octanol–water partition coefficient (Wildman–Crippen LogP) is 5.11. The largest absolute Gasteiger partial charge is 0.0742 e. The number of rotatable bonds is 0. The molecule has 0 aromatic heterocycles. The van der Waals surface area contributed by atoms with Crippen LogP contribution in [-0.4, -0.2) is 23.0 Å². The van der Waals surface area contributed by atoms with Crippen molar-refractivity contribution in [3.8, 4) is 21.0 Å². The summed E-state index contributed by atoms with van der Waals surface area (Å²) in [5, 5.41) is 12.7. The summed E-state index contributed by atoms with van der Waals surface area (Å²) < 4.78 is 0. The van der Waals surface area contributed by atoms with Crippen LogP contribution in [0.1, 0.15) is 38.5 Å². The molecular formula is C14H20S4. The molecule has 0 N–H and O–H groups in total. The smallest absolute Gasteiger partial charge is 0.00570 e. The second kappa shape index (κ2) is 13.9. The maximum Gasteiger partial charge on any atom is 0.00570 e. The van der Waals surface area contributed by atoms with E-state index < -0.39 is 0 Å². The Bertz CT molecular complexity index is 249. The average Bonchev–Trinajstić information content (AvgIpc) is 2.39. The molecule has 0 bridgehead atoms. The Morgan fingerprint density at radius 1 is 0.389 bits per heavy atom. The molecule has 0 spiro atoms. The third-order valence-corrected chi connectivity index (χ3v) is 5.57. The molecule has 100 valence electrons. The zero-order valence-corrected chi connectivity index (χ0v) is 14.0. The van der Waals surface area contributed by atoms with Crippen molar-refractivity contribution >= 4 is 47.0 Å². The van der Waals surface area contributed by atoms with Gasteiger partial charge in [0, 0.05) is 23.0 Å². The SMILES string of the molecule is C1#CSCCCCCSC#CSCCCCCS1. The second-order valence-corrected chi connectivity index (χ2v) is 7.53. The first kappa shape index (κ1) is 16.6. The van der Waals surface area contributed by atoms with Gasteiger partial charge in [-0.25, -0.2) is 0 Å². The molecule has 0 saturated heterocycles. The minimum absolute atomic E-state index is 1.18. The quantitative estimate of drug-likeness (QED) is 0.569. The standard InChI is InChI=1S/C14H20S4/c1-3-7-15-11-13-17-9-5-2-6-10-18-14-12-16-8-4-1/h1-10H2. The summed E-state index contributed by atoms with van der Waals surface area (Å²) in [5.41, 5.74) is 0. The van der Waals surface area contributed by atoms with Crippen molar-refractivity contribution in [2.45, 2.75) is 38.5 Å². The van der Waals surface area contributed by atoms with Crippen LogP contribution in [0.4, 0.5) is 0 Å². The molecule has 0 radical (unpaired) electrons. The highest BCUT2D eigenvalue weighted by molar-refractivity contribution is 8.07. The highest BCUT2D eigenvalue weighted by Crippen LogP contribution is 2.12. The molecule has 0 aromatic rings. The van der Waals surface area contributed by atoms with Crippen LogP contribution in [0.15, 0.2) is 0 Å². The van der Waals surface area contributed by atoms with Crippen molar-refractivity contribution in [1.82, 2.24) is 0 Å². The molecule has 18 heavy (non-hydrogen) atoms. The van der Waals surface area contributed by atoms with Crippen LogP contribution in [0.25, 0.3) is 0 Å². The molecule has 1 aliphatic rings. The number of hydrogen-bond acceptors (Lipinski definition) is 4. The van der Waals surface area contributed by atoms with E-state index in [0.29, 0.717) is 0 Å². The molecule has 0 nitrogen and oxygen atoms in total. The van der Waals surface area contributed by atoms with E-state index in [0.717, 1.165) is 0 Å². The van der Waals surface area contributed by atoms with Gasteiger partial charge in [-0.1, -0.05) is 59.9 Å². The van der Waals surface area contributed by atoms with Crippen molar-refractivity contribution < 1.29 is 0 Å². The van der Waals surface area contributed by atoms with E-state index in [4.69, 9.17) is 0 Å². The summed E-state index contributed by atoms with van der Waals surface area (Å²) in [5.74, 6) is 4.72. The molecule has 4 heteroatoms. The van der Waals surface area contributed by atoms with Gasteiger partial charge in [-0.15, -0.1) is 0 Å². The normalized spacial score (nSPS) is 20.4. The van der Waals surface area contributed by atoms with E-state index in [1.54, 1.807) is 47.0 Å². The molecule has 0 saturated carbocycles. The van der Waals surface area contributed by atoms with Gasteiger partial charge >= 0.3 is 0 Å². The third kappa shape index (κ3) is 11.6. The summed E-state index contributed by atoms with van der Waals surface area (Å²) in [7, 11) is 0. The van der Waals surface area contributed by atoms with Crippen LogP contribution in [-0.2, 0) is 0 Å². The Labute approximate surface area is 129 Å². The highest BCUT2D eigenvalue weighted by Gasteiger charge is 1.92. The van der Waals surface area contributed by atoms with Gasteiger partial charge in [-0.05, 0) is 46.7 Å². The van der Waals surface area contributed by atoms with Crippen LogP contribution in [0.2, 0.25) is 0 Å². The average molecular weight is 317 g/mol. The minimum atomic E-state index is 1.18. The van der Waals surface area contributed by atoms with Crippen molar-refractivity contribution in [1.29, 1.82) is 0 Å². The highest BCUT2D eigenvalue weighted by atomic mass is 32.2. The summed E-state index contributed by atoms with van der Waals surface area (Å²) in [6.07, 6.45) is 7.76. The van der Waals surface area contributed by atoms with E-state index in [-0.39, 0.29) is 0 Å². The molecule has 0 atom stereocenters. The van der Waals surface area contributed by atoms with E-state index in [1.165, 1.54) is 61.5 Å². The number of thioether (sulfide) groups is 4. The molecule has 0 amide bonds. The fraction of sp³-hybridized carbons (Fsp3) is 0.714.